The molecule has 0 radical (unpaired) electrons. The zero-order chi connectivity index (χ0) is 19.4. The van der Waals surface area contributed by atoms with E-state index < -0.39 is 10.0 Å². The fourth-order valence-corrected chi connectivity index (χ4v) is 4.67. The third kappa shape index (κ3) is 4.50. The number of aryl methyl sites for hydroxylation is 1. The van der Waals surface area contributed by atoms with Crippen LogP contribution in [-0.4, -0.2) is 26.6 Å². The first-order valence-electron chi connectivity index (χ1n) is 9.39. The summed E-state index contributed by atoms with van der Waals surface area (Å²) < 4.78 is 26.1. The maximum Gasteiger partial charge on any atom is 0.234 e. The molecular weight excluding hydrogens is 360 g/mol. The van der Waals surface area contributed by atoms with Crippen molar-refractivity contribution in [1.29, 1.82) is 0 Å². The molecule has 5 nitrogen and oxygen atoms in total. The number of carbonyl (C=O) groups excluding carboxylic acids is 1. The van der Waals surface area contributed by atoms with E-state index in [0.29, 0.717) is 13.0 Å². The molecule has 2 aromatic carbocycles. The Morgan fingerprint density at radius 3 is 2.63 bits per heavy atom. The zero-order valence-electron chi connectivity index (χ0n) is 15.8. The molecule has 0 aromatic heterocycles. The number of sulfonamides is 1. The number of amides is 1. The SMILES string of the molecule is CCS(=O)(=O)N1CCCc2cc(NC(=O)CC(C)c3ccccc3)ccc21. The Morgan fingerprint density at radius 2 is 1.93 bits per heavy atom. The molecule has 1 heterocycles. The van der Waals surface area contributed by atoms with Gasteiger partial charge in [-0.1, -0.05) is 37.3 Å². The quantitative estimate of drug-likeness (QED) is 0.818. The Bertz CT molecular complexity index is 910. The standard InChI is InChI=1S/C21H26N2O3S/c1-3-27(25,26)23-13-7-10-18-15-19(11-12-20(18)23)22-21(24)14-16(2)17-8-5-4-6-9-17/h4-6,8-9,11-12,15-16H,3,7,10,13-14H2,1-2H3,(H,22,24). The lowest BCUT2D eigenvalue weighted by Gasteiger charge is -2.30. The average Bonchev–Trinajstić information content (AvgIpc) is 2.67. The fourth-order valence-electron chi connectivity index (χ4n) is 3.47. The molecule has 0 spiro atoms. The minimum atomic E-state index is -3.27. The predicted octanol–water partition coefficient (Wildman–Crippen LogP) is 3.92. The molecule has 0 saturated heterocycles. The second-order valence-electron chi connectivity index (χ2n) is 6.98. The van der Waals surface area contributed by atoms with Gasteiger partial charge in [0.15, 0.2) is 0 Å². The minimum absolute atomic E-state index is 0.0415. The van der Waals surface area contributed by atoms with E-state index in [-0.39, 0.29) is 17.6 Å². The number of nitrogens with zero attached hydrogens (tertiary/aromatic N) is 1. The van der Waals surface area contributed by atoms with Gasteiger partial charge in [-0.05, 0) is 55.0 Å². The van der Waals surface area contributed by atoms with E-state index in [0.717, 1.165) is 35.3 Å². The normalized spacial score (nSPS) is 15.1. The van der Waals surface area contributed by atoms with E-state index in [9.17, 15) is 13.2 Å². The van der Waals surface area contributed by atoms with Crippen molar-refractivity contribution < 1.29 is 13.2 Å². The van der Waals surface area contributed by atoms with Crippen LogP contribution in [0.15, 0.2) is 48.5 Å². The Hall–Kier alpha value is -2.34. The first-order chi connectivity index (χ1) is 12.9. The van der Waals surface area contributed by atoms with Crippen molar-refractivity contribution in [1.82, 2.24) is 0 Å². The van der Waals surface area contributed by atoms with Crippen LogP contribution in [0, 0.1) is 0 Å². The summed E-state index contributed by atoms with van der Waals surface area (Å²) in [6, 6.07) is 15.5. The van der Waals surface area contributed by atoms with Crippen molar-refractivity contribution in [2.24, 2.45) is 0 Å². The molecule has 1 atom stereocenters. The molecule has 27 heavy (non-hydrogen) atoms. The maximum absolute atomic E-state index is 12.4. The van der Waals surface area contributed by atoms with Crippen LogP contribution < -0.4 is 9.62 Å². The van der Waals surface area contributed by atoms with Crippen molar-refractivity contribution in [3.63, 3.8) is 0 Å². The molecule has 1 amide bonds. The van der Waals surface area contributed by atoms with Gasteiger partial charge in [-0.15, -0.1) is 0 Å². The summed E-state index contributed by atoms with van der Waals surface area (Å²) in [5, 5.41) is 2.95. The Balaban J connectivity index is 1.71. The average molecular weight is 387 g/mol. The summed E-state index contributed by atoms with van der Waals surface area (Å²) in [6.45, 7) is 4.21. The molecule has 1 N–H and O–H groups in total. The van der Waals surface area contributed by atoms with Gasteiger partial charge in [0, 0.05) is 18.7 Å². The molecule has 0 aliphatic carbocycles. The maximum atomic E-state index is 12.4. The number of benzene rings is 2. The topological polar surface area (TPSA) is 66.5 Å². The Kier molecular flexibility index (Phi) is 5.85. The van der Waals surface area contributed by atoms with Gasteiger partial charge in [0.2, 0.25) is 15.9 Å². The largest absolute Gasteiger partial charge is 0.326 e. The second kappa shape index (κ2) is 8.13. The predicted molar refractivity (Wildman–Crippen MR) is 110 cm³/mol. The molecular formula is C21H26N2O3S. The smallest absolute Gasteiger partial charge is 0.234 e. The minimum Gasteiger partial charge on any atom is -0.326 e. The molecule has 2 aromatic rings. The first-order valence-corrected chi connectivity index (χ1v) is 11.0. The number of carbonyl (C=O) groups is 1. The van der Waals surface area contributed by atoms with E-state index in [1.165, 1.54) is 4.31 Å². The zero-order valence-corrected chi connectivity index (χ0v) is 16.6. The summed E-state index contributed by atoms with van der Waals surface area (Å²) in [5.74, 6) is 0.177. The van der Waals surface area contributed by atoms with E-state index in [2.05, 4.69) is 5.32 Å². The van der Waals surface area contributed by atoms with Gasteiger partial charge in [0.1, 0.15) is 0 Å². The molecule has 3 rings (SSSR count). The van der Waals surface area contributed by atoms with Gasteiger partial charge in [0.25, 0.3) is 0 Å². The van der Waals surface area contributed by atoms with Crippen molar-refractivity contribution in [2.45, 2.75) is 39.0 Å². The van der Waals surface area contributed by atoms with Gasteiger partial charge in [-0.2, -0.15) is 0 Å². The second-order valence-corrected chi connectivity index (χ2v) is 9.17. The van der Waals surface area contributed by atoms with Gasteiger partial charge >= 0.3 is 0 Å². The van der Waals surface area contributed by atoms with Crippen LogP contribution in [0.1, 0.15) is 43.7 Å². The summed E-state index contributed by atoms with van der Waals surface area (Å²) in [4.78, 5) is 12.4. The summed E-state index contributed by atoms with van der Waals surface area (Å²) in [6.07, 6.45) is 2.00. The monoisotopic (exact) mass is 386 g/mol. The number of fused-ring (bicyclic) bond motifs is 1. The highest BCUT2D eigenvalue weighted by Gasteiger charge is 2.26. The van der Waals surface area contributed by atoms with E-state index in [4.69, 9.17) is 0 Å². The van der Waals surface area contributed by atoms with Crippen molar-refractivity contribution >= 4 is 27.3 Å². The molecule has 144 valence electrons. The highest BCUT2D eigenvalue weighted by Crippen LogP contribution is 2.32. The third-order valence-electron chi connectivity index (χ3n) is 5.00. The van der Waals surface area contributed by atoms with E-state index in [1.807, 2.05) is 43.3 Å². The van der Waals surface area contributed by atoms with Crippen molar-refractivity contribution in [3.05, 3.63) is 59.7 Å². The van der Waals surface area contributed by atoms with Crippen LogP contribution in [0.2, 0.25) is 0 Å². The van der Waals surface area contributed by atoms with Crippen LogP contribution in [0.25, 0.3) is 0 Å². The van der Waals surface area contributed by atoms with E-state index >= 15 is 0 Å². The molecule has 6 heteroatoms. The van der Waals surface area contributed by atoms with Gasteiger partial charge in [-0.25, -0.2) is 8.42 Å². The summed E-state index contributed by atoms with van der Waals surface area (Å²) in [5.41, 5.74) is 3.55. The van der Waals surface area contributed by atoms with Crippen LogP contribution >= 0.6 is 0 Å². The first kappa shape index (κ1) is 19.4. The highest BCUT2D eigenvalue weighted by molar-refractivity contribution is 7.92. The highest BCUT2D eigenvalue weighted by atomic mass is 32.2. The molecule has 1 unspecified atom stereocenters. The van der Waals surface area contributed by atoms with Crippen LogP contribution in [-0.2, 0) is 21.2 Å². The molecule has 0 fully saturated rings. The third-order valence-corrected chi connectivity index (χ3v) is 6.78. The molecule has 0 bridgehead atoms. The number of rotatable bonds is 6. The molecule has 1 aliphatic rings. The number of anilines is 2. The molecule has 1 aliphatic heterocycles. The van der Waals surface area contributed by atoms with Crippen molar-refractivity contribution in [2.75, 3.05) is 21.9 Å². The summed E-state index contributed by atoms with van der Waals surface area (Å²) >= 11 is 0. The van der Waals surface area contributed by atoms with Gasteiger partial charge < -0.3 is 5.32 Å². The lowest BCUT2D eigenvalue weighted by molar-refractivity contribution is -0.116. The van der Waals surface area contributed by atoms with Crippen LogP contribution in [0.5, 0.6) is 0 Å². The Morgan fingerprint density at radius 1 is 1.19 bits per heavy atom. The van der Waals surface area contributed by atoms with Gasteiger partial charge in [-0.3, -0.25) is 9.10 Å². The number of nitrogens with one attached hydrogen (secondary N) is 1. The van der Waals surface area contributed by atoms with Crippen molar-refractivity contribution in [3.8, 4) is 0 Å². The lowest BCUT2D eigenvalue weighted by atomic mass is 9.97. The van der Waals surface area contributed by atoms with Crippen LogP contribution in [0.4, 0.5) is 11.4 Å². The molecule has 0 saturated carbocycles. The number of hydrogen-bond acceptors (Lipinski definition) is 3. The lowest BCUT2D eigenvalue weighted by Crippen LogP contribution is -2.36. The Labute approximate surface area is 161 Å². The summed E-state index contributed by atoms with van der Waals surface area (Å²) in [7, 11) is -3.27. The van der Waals surface area contributed by atoms with Gasteiger partial charge in [0.05, 0.1) is 11.4 Å². The van der Waals surface area contributed by atoms with E-state index in [1.54, 1.807) is 19.1 Å². The fraction of sp³-hybridized carbons (Fsp3) is 0.381. The van der Waals surface area contributed by atoms with Crippen LogP contribution in [0.3, 0.4) is 0 Å². The number of hydrogen-bond donors (Lipinski definition) is 1.